The van der Waals surface area contributed by atoms with Crippen molar-refractivity contribution in [2.75, 3.05) is 13.2 Å². The van der Waals surface area contributed by atoms with Gasteiger partial charge in [0.1, 0.15) is 17.5 Å². The van der Waals surface area contributed by atoms with E-state index in [1.54, 1.807) is 12.1 Å². The average molecular weight is 335 g/mol. The van der Waals surface area contributed by atoms with Crippen molar-refractivity contribution in [1.29, 1.82) is 0 Å². The molecule has 6 heteroatoms. The number of carbonyl (C=O) groups is 1. The van der Waals surface area contributed by atoms with Crippen molar-refractivity contribution < 1.29 is 22.7 Å². The highest BCUT2D eigenvalue weighted by Crippen LogP contribution is 2.33. The Morgan fingerprint density at radius 1 is 0.958 bits per heavy atom. The van der Waals surface area contributed by atoms with Gasteiger partial charge in [0.25, 0.3) is 5.91 Å². The molecule has 0 unspecified atom stereocenters. The van der Waals surface area contributed by atoms with Crippen molar-refractivity contribution in [1.82, 2.24) is 5.32 Å². The van der Waals surface area contributed by atoms with Gasteiger partial charge in [-0.3, -0.25) is 4.79 Å². The Morgan fingerprint density at radius 3 is 2.25 bits per heavy atom. The zero-order valence-corrected chi connectivity index (χ0v) is 12.8. The second kappa shape index (κ2) is 6.65. The third-order valence-corrected chi connectivity index (χ3v) is 4.27. The maximum Gasteiger partial charge on any atom is 0.255 e. The molecule has 0 spiro atoms. The highest BCUT2D eigenvalue weighted by molar-refractivity contribution is 5.95. The number of halogens is 3. The van der Waals surface area contributed by atoms with Crippen LogP contribution in [0.15, 0.2) is 42.5 Å². The molecule has 0 aliphatic carbocycles. The molecule has 0 bridgehead atoms. The third kappa shape index (κ3) is 3.28. The van der Waals surface area contributed by atoms with Crippen LogP contribution in [0.3, 0.4) is 0 Å². The van der Waals surface area contributed by atoms with Crippen LogP contribution in [0.25, 0.3) is 0 Å². The molecule has 3 rings (SSSR count). The lowest BCUT2D eigenvalue weighted by atomic mass is 9.82. The fraction of sp³-hybridized carbons (Fsp3) is 0.278. The topological polar surface area (TPSA) is 38.3 Å². The molecule has 0 saturated carbocycles. The van der Waals surface area contributed by atoms with Crippen LogP contribution in [0.1, 0.15) is 28.8 Å². The highest BCUT2D eigenvalue weighted by Gasteiger charge is 2.36. The number of hydrogen-bond donors (Lipinski definition) is 1. The van der Waals surface area contributed by atoms with Gasteiger partial charge in [0.15, 0.2) is 0 Å². The first kappa shape index (κ1) is 16.5. The summed E-state index contributed by atoms with van der Waals surface area (Å²) in [5.74, 6) is -2.58. The summed E-state index contributed by atoms with van der Waals surface area (Å²) in [7, 11) is 0. The smallest absolute Gasteiger partial charge is 0.255 e. The number of amides is 1. The molecule has 1 aliphatic heterocycles. The van der Waals surface area contributed by atoms with Gasteiger partial charge in [0.05, 0.1) is 11.1 Å². The van der Waals surface area contributed by atoms with Crippen molar-refractivity contribution >= 4 is 5.91 Å². The van der Waals surface area contributed by atoms with Gasteiger partial charge < -0.3 is 10.1 Å². The lowest BCUT2D eigenvalue weighted by Crippen LogP contribution is -2.49. The quantitative estimate of drug-likeness (QED) is 0.932. The van der Waals surface area contributed by atoms with E-state index in [0.717, 1.165) is 18.2 Å². The fourth-order valence-corrected chi connectivity index (χ4v) is 2.93. The average Bonchev–Trinajstić information content (AvgIpc) is 2.58. The zero-order valence-electron chi connectivity index (χ0n) is 12.8. The Hall–Kier alpha value is -2.34. The van der Waals surface area contributed by atoms with Gasteiger partial charge in [-0.1, -0.05) is 12.1 Å². The molecule has 0 radical (unpaired) electrons. The predicted octanol–water partition coefficient (Wildman–Crippen LogP) is 3.54. The molecule has 24 heavy (non-hydrogen) atoms. The highest BCUT2D eigenvalue weighted by atomic mass is 19.1. The zero-order chi connectivity index (χ0) is 17.2. The number of rotatable bonds is 3. The Balaban J connectivity index is 1.93. The summed E-state index contributed by atoms with van der Waals surface area (Å²) in [5, 5.41) is 2.80. The van der Waals surface area contributed by atoms with Gasteiger partial charge in [-0.05, 0) is 48.7 Å². The van der Waals surface area contributed by atoms with Crippen LogP contribution in [-0.2, 0) is 10.3 Å². The molecule has 1 aliphatic rings. The molecule has 2 aromatic carbocycles. The van der Waals surface area contributed by atoms with E-state index < -0.39 is 23.1 Å². The maximum absolute atomic E-state index is 13.9. The molecule has 0 aromatic heterocycles. The Kier molecular flexibility index (Phi) is 4.57. The molecular formula is C18H16F3NO2. The Morgan fingerprint density at radius 2 is 1.58 bits per heavy atom. The van der Waals surface area contributed by atoms with Gasteiger partial charge in [-0.25, -0.2) is 13.2 Å². The van der Waals surface area contributed by atoms with E-state index in [1.807, 2.05) is 0 Å². The second-order valence-corrected chi connectivity index (χ2v) is 5.78. The minimum Gasteiger partial charge on any atom is -0.381 e. The van der Waals surface area contributed by atoms with Gasteiger partial charge in [0.2, 0.25) is 0 Å². The standard InChI is InChI=1S/C18H16F3NO2/c19-13-3-1-12(2-4-13)18(7-9-24-10-8-18)22-17(23)15-11-14(20)5-6-16(15)21/h1-6,11H,7-10H2,(H,22,23). The van der Waals surface area contributed by atoms with Crippen molar-refractivity contribution in [3.63, 3.8) is 0 Å². The van der Waals surface area contributed by atoms with E-state index in [1.165, 1.54) is 12.1 Å². The van der Waals surface area contributed by atoms with Gasteiger partial charge in [-0.2, -0.15) is 0 Å². The molecule has 3 nitrogen and oxygen atoms in total. The molecule has 126 valence electrons. The molecule has 1 heterocycles. The fourth-order valence-electron chi connectivity index (χ4n) is 2.93. The van der Waals surface area contributed by atoms with Crippen molar-refractivity contribution in [3.05, 3.63) is 71.0 Å². The van der Waals surface area contributed by atoms with E-state index in [9.17, 15) is 18.0 Å². The predicted molar refractivity (Wildman–Crippen MR) is 82.0 cm³/mol. The molecule has 1 saturated heterocycles. The molecule has 1 N–H and O–H groups in total. The van der Waals surface area contributed by atoms with E-state index in [-0.39, 0.29) is 11.4 Å². The number of hydrogen-bond acceptors (Lipinski definition) is 2. The minimum absolute atomic E-state index is 0.358. The first-order chi connectivity index (χ1) is 11.5. The SMILES string of the molecule is O=C(NC1(c2ccc(F)cc2)CCOCC1)c1cc(F)ccc1F. The van der Waals surface area contributed by atoms with E-state index >= 15 is 0 Å². The second-order valence-electron chi connectivity index (χ2n) is 5.78. The van der Waals surface area contributed by atoms with Crippen LogP contribution in [0.4, 0.5) is 13.2 Å². The molecule has 1 amide bonds. The van der Waals surface area contributed by atoms with Crippen LogP contribution in [0.5, 0.6) is 0 Å². The molecule has 2 aromatic rings. The summed E-state index contributed by atoms with van der Waals surface area (Å²) in [5.41, 5.74) is -0.456. The molecule has 0 atom stereocenters. The summed E-state index contributed by atoms with van der Waals surface area (Å²) in [4.78, 5) is 12.5. The van der Waals surface area contributed by atoms with Crippen LogP contribution in [0, 0.1) is 17.5 Å². The summed E-state index contributed by atoms with van der Waals surface area (Å²) >= 11 is 0. The number of carbonyl (C=O) groups excluding carboxylic acids is 1. The van der Waals surface area contributed by atoms with Crippen LogP contribution >= 0.6 is 0 Å². The lowest BCUT2D eigenvalue weighted by Gasteiger charge is -2.38. The summed E-state index contributed by atoms with van der Waals surface area (Å²) < 4.78 is 45.7. The van der Waals surface area contributed by atoms with Crippen molar-refractivity contribution in [2.24, 2.45) is 0 Å². The lowest BCUT2D eigenvalue weighted by molar-refractivity contribution is 0.0344. The maximum atomic E-state index is 13.9. The van der Waals surface area contributed by atoms with Gasteiger partial charge in [0, 0.05) is 13.2 Å². The summed E-state index contributed by atoms with van der Waals surface area (Å²) in [6, 6.07) is 8.52. The van der Waals surface area contributed by atoms with E-state index in [2.05, 4.69) is 5.32 Å². The molecular weight excluding hydrogens is 319 g/mol. The number of ether oxygens (including phenoxy) is 1. The first-order valence-corrected chi connectivity index (χ1v) is 7.61. The van der Waals surface area contributed by atoms with E-state index in [4.69, 9.17) is 4.74 Å². The van der Waals surface area contributed by atoms with Crippen LogP contribution < -0.4 is 5.32 Å². The van der Waals surface area contributed by atoms with Crippen molar-refractivity contribution in [2.45, 2.75) is 18.4 Å². The summed E-state index contributed by atoms with van der Waals surface area (Å²) in [6.07, 6.45) is 0.919. The number of nitrogens with one attached hydrogen (secondary N) is 1. The van der Waals surface area contributed by atoms with Gasteiger partial charge >= 0.3 is 0 Å². The van der Waals surface area contributed by atoms with Crippen LogP contribution in [-0.4, -0.2) is 19.1 Å². The first-order valence-electron chi connectivity index (χ1n) is 7.61. The Labute approximate surface area is 137 Å². The Bertz CT molecular complexity index is 740. The largest absolute Gasteiger partial charge is 0.381 e. The number of benzene rings is 2. The minimum atomic E-state index is -0.804. The van der Waals surface area contributed by atoms with Crippen molar-refractivity contribution in [3.8, 4) is 0 Å². The van der Waals surface area contributed by atoms with Gasteiger partial charge in [-0.15, -0.1) is 0 Å². The monoisotopic (exact) mass is 335 g/mol. The summed E-state index contributed by atoms with van der Waals surface area (Å²) in [6.45, 7) is 0.812. The van der Waals surface area contributed by atoms with Crippen LogP contribution in [0.2, 0.25) is 0 Å². The third-order valence-electron chi connectivity index (χ3n) is 4.27. The molecule has 1 fully saturated rings. The normalized spacial score (nSPS) is 16.6. The van der Waals surface area contributed by atoms with E-state index in [0.29, 0.717) is 31.6 Å².